The van der Waals surface area contributed by atoms with Crippen LogP contribution in [0.2, 0.25) is 0 Å². The molecule has 1 unspecified atom stereocenters. The van der Waals surface area contributed by atoms with E-state index in [9.17, 15) is 10.2 Å². The van der Waals surface area contributed by atoms with Gasteiger partial charge in [0.1, 0.15) is 17.6 Å². The van der Waals surface area contributed by atoms with Crippen molar-refractivity contribution in [2.24, 2.45) is 23.5 Å². The molecule has 1 aliphatic heterocycles. The van der Waals surface area contributed by atoms with E-state index < -0.39 is 6.10 Å². The number of nitrogens with zero attached hydrogens (tertiary/aromatic N) is 4. The van der Waals surface area contributed by atoms with Gasteiger partial charge >= 0.3 is 0 Å². The molecule has 2 aromatic heterocycles. The fraction of sp³-hybridized carbons (Fsp3) is 0.462. The molecule has 3 heterocycles. The van der Waals surface area contributed by atoms with Crippen molar-refractivity contribution >= 4 is 0 Å². The maximum absolute atomic E-state index is 9.97. The predicted octanol–water partition coefficient (Wildman–Crippen LogP) is 2.05. The summed E-state index contributed by atoms with van der Waals surface area (Å²) in [4.78, 5) is 6.57. The lowest BCUT2D eigenvalue weighted by molar-refractivity contribution is 0.132. The second-order valence-electron chi connectivity index (χ2n) is 9.50. The van der Waals surface area contributed by atoms with Crippen molar-refractivity contribution in [3.8, 4) is 23.2 Å². The Labute approximate surface area is 199 Å². The van der Waals surface area contributed by atoms with Crippen LogP contribution < -0.4 is 5.73 Å². The number of aliphatic hydroxyl groups is 2. The van der Waals surface area contributed by atoms with Gasteiger partial charge in [-0.2, -0.15) is 0 Å². The summed E-state index contributed by atoms with van der Waals surface area (Å²) >= 11 is 0. The summed E-state index contributed by atoms with van der Waals surface area (Å²) in [6.07, 6.45) is 2.46. The van der Waals surface area contributed by atoms with Gasteiger partial charge in [-0.25, -0.2) is 4.98 Å². The minimum Gasteiger partial charge on any atom is -0.392 e. The smallest absolute Gasteiger partial charge is 0.167 e. The maximum Gasteiger partial charge on any atom is 0.167 e. The molecule has 178 valence electrons. The van der Waals surface area contributed by atoms with Crippen LogP contribution in [-0.4, -0.2) is 62.1 Å². The first-order chi connectivity index (χ1) is 16.4. The summed E-state index contributed by atoms with van der Waals surface area (Å²) in [6.45, 7) is 6.67. The molecule has 0 bridgehead atoms. The molecule has 2 fully saturated rings. The maximum atomic E-state index is 9.97. The number of β-amino-alcohol motifs (C(OH)–C–C–N with tert-alkyl or cyclic N) is 1. The number of piperidine rings is 1. The third-order valence-electron chi connectivity index (χ3n) is 6.85. The Balaban J connectivity index is 1.24. The second kappa shape index (κ2) is 9.35. The molecule has 1 aromatic carbocycles. The lowest BCUT2D eigenvalue weighted by Crippen LogP contribution is -2.31. The molecule has 0 amide bonds. The van der Waals surface area contributed by atoms with Crippen LogP contribution in [0.25, 0.3) is 11.3 Å². The van der Waals surface area contributed by atoms with Crippen molar-refractivity contribution in [1.82, 2.24) is 19.6 Å². The van der Waals surface area contributed by atoms with Crippen LogP contribution in [-0.2, 0) is 0 Å². The standard InChI is InChI=1S/C26H31N5O3/c1-16(32)13-30-14-21-20(22(21)15-30)8-5-18-3-6-19(7-4-18)25-11-23(29-34-25)24(12-27)31-10-9-28-26(31)17(2)33/h3-4,6-7,9-11,16-17,20-22,24,32-33H,12-15,27H2,1-2H3/t16-,17+,20?,21-,22+,24-/m1/s1. The van der Waals surface area contributed by atoms with Crippen molar-refractivity contribution in [2.75, 3.05) is 26.2 Å². The second-order valence-corrected chi connectivity index (χ2v) is 9.50. The van der Waals surface area contributed by atoms with E-state index in [0.29, 0.717) is 41.6 Å². The number of hydrogen-bond acceptors (Lipinski definition) is 7. The largest absolute Gasteiger partial charge is 0.392 e. The van der Waals surface area contributed by atoms with Gasteiger partial charge in [-0.1, -0.05) is 17.0 Å². The molecule has 6 atom stereocenters. The Morgan fingerprint density at radius 1 is 1.18 bits per heavy atom. The van der Waals surface area contributed by atoms with Crippen molar-refractivity contribution in [3.05, 3.63) is 59.8 Å². The van der Waals surface area contributed by atoms with Crippen molar-refractivity contribution in [1.29, 1.82) is 0 Å². The molecule has 34 heavy (non-hydrogen) atoms. The first-order valence-electron chi connectivity index (χ1n) is 11.8. The molecule has 4 N–H and O–H groups in total. The minimum atomic E-state index is -0.706. The molecular weight excluding hydrogens is 430 g/mol. The number of hydrogen-bond donors (Lipinski definition) is 3. The molecule has 5 rings (SSSR count). The fourth-order valence-electron chi connectivity index (χ4n) is 5.11. The number of fused-ring (bicyclic) bond motifs is 1. The summed E-state index contributed by atoms with van der Waals surface area (Å²) in [6, 6.07) is 9.59. The van der Waals surface area contributed by atoms with Gasteiger partial charge in [0, 0.05) is 61.7 Å². The summed E-state index contributed by atoms with van der Waals surface area (Å²) < 4.78 is 7.44. The SMILES string of the molecule is C[C@H](O)c1nccn1[C@H](CN)c1cc(-c2ccc(C#CC3[C@H]4CN(C[C@@H](C)O)C[C@@H]34)cc2)on1. The van der Waals surface area contributed by atoms with Crippen molar-refractivity contribution in [3.63, 3.8) is 0 Å². The first-order valence-corrected chi connectivity index (χ1v) is 11.8. The molecule has 8 heteroatoms. The van der Waals surface area contributed by atoms with E-state index >= 15 is 0 Å². The highest BCUT2D eigenvalue weighted by Crippen LogP contribution is 2.51. The average Bonchev–Trinajstić information content (AvgIpc) is 3.31. The first kappa shape index (κ1) is 22.8. The van der Waals surface area contributed by atoms with Crippen LogP contribution in [0, 0.1) is 29.6 Å². The minimum absolute atomic E-state index is 0.269. The zero-order valence-corrected chi connectivity index (χ0v) is 19.5. The van der Waals surface area contributed by atoms with E-state index in [0.717, 1.165) is 30.8 Å². The van der Waals surface area contributed by atoms with E-state index in [1.54, 1.807) is 19.3 Å². The van der Waals surface area contributed by atoms with E-state index in [2.05, 4.69) is 26.9 Å². The number of likely N-dealkylation sites (tertiary alicyclic amines) is 1. The molecule has 1 saturated carbocycles. The summed E-state index contributed by atoms with van der Waals surface area (Å²) in [7, 11) is 0. The Morgan fingerprint density at radius 2 is 1.91 bits per heavy atom. The van der Waals surface area contributed by atoms with E-state index in [1.165, 1.54) is 0 Å². The van der Waals surface area contributed by atoms with Gasteiger partial charge in [0.2, 0.25) is 0 Å². The molecule has 0 spiro atoms. The normalized spacial score (nSPS) is 24.2. The summed E-state index contributed by atoms with van der Waals surface area (Å²) in [5.41, 5.74) is 8.60. The number of aromatic nitrogens is 3. The predicted molar refractivity (Wildman–Crippen MR) is 127 cm³/mol. The Bertz CT molecular complexity index is 1170. The molecule has 2 aliphatic rings. The van der Waals surface area contributed by atoms with Crippen molar-refractivity contribution < 1.29 is 14.7 Å². The van der Waals surface area contributed by atoms with Crippen LogP contribution >= 0.6 is 0 Å². The summed E-state index contributed by atoms with van der Waals surface area (Å²) in [5.74, 6) is 9.74. The zero-order chi connectivity index (χ0) is 23.8. The van der Waals surface area contributed by atoms with Crippen molar-refractivity contribution in [2.45, 2.75) is 32.1 Å². The quantitative estimate of drug-likeness (QED) is 0.462. The fourth-order valence-corrected chi connectivity index (χ4v) is 5.11. The van der Waals surface area contributed by atoms with E-state index in [-0.39, 0.29) is 12.1 Å². The zero-order valence-electron chi connectivity index (χ0n) is 19.5. The summed E-state index contributed by atoms with van der Waals surface area (Å²) in [5, 5.41) is 23.8. The van der Waals surface area contributed by atoms with E-state index in [4.69, 9.17) is 10.3 Å². The highest BCUT2D eigenvalue weighted by Gasteiger charge is 2.54. The van der Waals surface area contributed by atoms with Crippen LogP contribution in [0.15, 0.2) is 47.2 Å². The van der Waals surface area contributed by atoms with Crippen LogP contribution in [0.1, 0.15) is 43.1 Å². The topological polar surface area (TPSA) is 114 Å². The third kappa shape index (κ3) is 4.52. The Hall–Kier alpha value is -2.96. The van der Waals surface area contributed by atoms with Gasteiger partial charge in [0.05, 0.1) is 12.1 Å². The molecule has 0 radical (unpaired) electrons. The Kier molecular flexibility index (Phi) is 6.28. The van der Waals surface area contributed by atoms with Gasteiger partial charge in [0.15, 0.2) is 5.76 Å². The molecule has 1 saturated heterocycles. The molecule has 3 aromatic rings. The monoisotopic (exact) mass is 461 g/mol. The number of imidazole rings is 1. The highest BCUT2D eigenvalue weighted by molar-refractivity contribution is 5.59. The molecule has 1 aliphatic carbocycles. The van der Waals surface area contributed by atoms with Gasteiger partial charge in [-0.3, -0.25) is 0 Å². The van der Waals surface area contributed by atoms with Crippen LogP contribution in [0.5, 0.6) is 0 Å². The van der Waals surface area contributed by atoms with Crippen LogP contribution in [0.4, 0.5) is 0 Å². The van der Waals surface area contributed by atoms with Gasteiger partial charge < -0.3 is 29.9 Å². The Morgan fingerprint density at radius 3 is 2.56 bits per heavy atom. The lowest BCUT2D eigenvalue weighted by atomic mass is 10.1. The van der Waals surface area contributed by atoms with Gasteiger partial charge in [-0.05, 0) is 49.9 Å². The van der Waals surface area contributed by atoms with Gasteiger partial charge in [-0.15, -0.1) is 0 Å². The number of benzene rings is 1. The highest BCUT2D eigenvalue weighted by atomic mass is 16.5. The number of rotatable bonds is 7. The lowest BCUT2D eigenvalue weighted by Gasteiger charge is -2.19. The van der Waals surface area contributed by atoms with E-state index in [1.807, 2.05) is 41.8 Å². The van der Waals surface area contributed by atoms with Gasteiger partial charge in [0.25, 0.3) is 0 Å². The molecular formula is C26H31N5O3. The third-order valence-corrected chi connectivity index (χ3v) is 6.85. The number of nitrogens with two attached hydrogens (primary N) is 1. The number of aliphatic hydroxyl groups excluding tert-OH is 2. The van der Waals surface area contributed by atoms with Crippen LogP contribution in [0.3, 0.4) is 0 Å². The average molecular weight is 462 g/mol. The molecule has 8 nitrogen and oxygen atoms in total.